The molecule has 71 heavy (non-hydrogen) atoms. The number of halogens is 4. The molecule has 8 aromatic rings. The van der Waals surface area contributed by atoms with Crippen LogP contribution in [0.3, 0.4) is 0 Å². The molecular formula is C47H39Cl4N11O9. The molecule has 0 bridgehead atoms. The van der Waals surface area contributed by atoms with Crippen LogP contribution in [0.15, 0.2) is 126 Å². The van der Waals surface area contributed by atoms with Gasteiger partial charge in [0.2, 0.25) is 0 Å². The highest BCUT2D eigenvalue weighted by atomic mass is 35.5. The summed E-state index contributed by atoms with van der Waals surface area (Å²) < 4.78 is 2.41. The van der Waals surface area contributed by atoms with Crippen molar-refractivity contribution < 1.29 is 34.8 Å². The Morgan fingerprint density at radius 1 is 0.549 bits per heavy atom. The normalized spacial score (nSPS) is 10.4. The number of hydrogen-bond donors (Lipinski definition) is 5. The van der Waals surface area contributed by atoms with Crippen LogP contribution in [0.1, 0.15) is 53.7 Å². The Hall–Kier alpha value is -7.69. The van der Waals surface area contributed by atoms with E-state index >= 15 is 0 Å². The molecule has 0 amide bonds. The van der Waals surface area contributed by atoms with Gasteiger partial charge in [-0.25, -0.2) is 44.1 Å². The van der Waals surface area contributed by atoms with Gasteiger partial charge in [-0.3, -0.25) is 19.2 Å². The zero-order chi connectivity index (χ0) is 51.8. The first kappa shape index (κ1) is 54.3. The van der Waals surface area contributed by atoms with Gasteiger partial charge in [0.05, 0.1) is 55.0 Å². The van der Waals surface area contributed by atoms with Gasteiger partial charge in [-0.2, -0.15) is 10.2 Å². The van der Waals surface area contributed by atoms with Gasteiger partial charge in [-0.15, -0.1) is 0 Å². The summed E-state index contributed by atoms with van der Waals surface area (Å²) in [6.07, 6.45) is 6.68. The van der Waals surface area contributed by atoms with Crippen LogP contribution in [0, 0.1) is 0 Å². The van der Waals surface area contributed by atoms with Crippen molar-refractivity contribution >= 4 is 69.1 Å². The molecule has 0 aliphatic heterocycles. The summed E-state index contributed by atoms with van der Waals surface area (Å²) in [6, 6.07) is 22.4. The third-order valence-electron chi connectivity index (χ3n) is 9.64. The fourth-order valence-electron chi connectivity index (χ4n) is 5.79. The summed E-state index contributed by atoms with van der Waals surface area (Å²) in [5.74, 6) is -1.36. The maximum Gasteiger partial charge on any atom is 0.354 e. The number of hydrogen-bond acceptors (Lipinski definition) is 17. The molecule has 3 aromatic carbocycles. The number of carboxylic acid groups (broad SMARTS) is 1. The smallest absolute Gasteiger partial charge is 0.354 e. The molecule has 364 valence electrons. The second-order valence-electron chi connectivity index (χ2n) is 14.5. The number of aryl methyl sites for hydroxylation is 2. The average Bonchev–Trinajstić information content (AvgIpc) is 3.37. The number of aliphatic hydroxyl groups is 3. The van der Waals surface area contributed by atoms with Crippen LogP contribution >= 0.6 is 46.4 Å². The van der Waals surface area contributed by atoms with Crippen molar-refractivity contribution in [3.05, 3.63) is 191 Å². The number of aromatic carboxylic acids is 1. The minimum absolute atomic E-state index is 0.0176. The number of carbonyl (C=O) groups excluding carboxylic acids is 2. The van der Waals surface area contributed by atoms with Crippen LogP contribution in [-0.4, -0.2) is 86.9 Å². The lowest BCUT2D eigenvalue weighted by molar-refractivity contribution is 0.0689. The first-order valence-electron chi connectivity index (χ1n) is 20.3. The van der Waals surface area contributed by atoms with E-state index in [4.69, 9.17) is 67.5 Å². The third-order valence-corrected chi connectivity index (χ3v) is 10.9. The van der Waals surface area contributed by atoms with E-state index in [9.17, 15) is 29.1 Å². The van der Waals surface area contributed by atoms with Crippen LogP contribution in [-0.2, 0) is 40.3 Å². The number of aliphatic hydroxyl groups excluding tert-OH is 3. The van der Waals surface area contributed by atoms with Gasteiger partial charge in [0.15, 0.2) is 11.5 Å². The molecule has 24 heteroatoms. The molecule has 5 heterocycles. The van der Waals surface area contributed by atoms with Gasteiger partial charge >= 0.3 is 5.97 Å². The number of rotatable bonds is 11. The molecule has 0 radical (unpaired) electrons. The lowest BCUT2D eigenvalue weighted by Crippen LogP contribution is -2.20. The van der Waals surface area contributed by atoms with Crippen molar-refractivity contribution in [1.82, 2.24) is 49.5 Å². The topological polar surface area (TPSA) is 305 Å². The van der Waals surface area contributed by atoms with Crippen LogP contribution in [0.4, 0.5) is 5.69 Å². The Morgan fingerprint density at radius 2 is 0.944 bits per heavy atom. The van der Waals surface area contributed by atoms with Crippen LogP contribution in [0.5, 0.6) is 0 Å². The molecule has 20 nitrogen and oxygen atoms in total. The standard InChI is InChI=1S/C18H15ClN4O3.C12H8Cl2N2O2.C12H9ClN2O3.C5H7N3O/c1-23-18(26)5-11(8-22-23)4-17(25)16-7-15(20-10-21-16)12-2-3-13(9-24)14(19)6-12;13-9-3-7(1-2-8(9)5-17)10-4-11(12(14)18)16-6-15-10;13-9-3-7(1-2-8(9)5-16)10-4-11(12(17)18)15-6-14-10;1-8-5(9)2-4(6)3-7-8/h2-3,5-8,10,24H,4,9H2,1H3;1-4,6,17H,5H2;1-4,6,16H,5H2,(H,17,18);2-3H,6H2,1H3. The zero-order valence-electron chi connectivity index (χ0n) is 37.2. The van der Waals surface area contributed by atoms with Gasteiger partial charge in [0.25, 0.3) is 16.4 Å². The molecule has 0 atom stereocenters. The fraction of sp³-hybridized carbons (Fsp3) is 0.128. The summed E-state index contributed by atoms with van der Waals surface area (Å²) in [5.41, 5.74) is 11.5. The van der Waals surface area contributed by atoms with E-state index in [1.807, 2.05) is 0 Å². The highest BCUT2D eigenvalue weighted by Gasteiger charge is 2.14. The van der Waals surface area contributed by atoms with Crippen LogP contribution < -0.4 is 16.9 Å². The number of carboxylic acids is 1. The van der Waals surface area contributed by atoms with E-state index in [0.717, 1.165) is 5.56 Å². The molecule has 8 rings (SSSR count). The average molecular weight is 1040 g/mol. The first-order valence-corrected chi connectivity index (χ1v) is 21.8. The van der Waals surface area contributed by atoms with Crippen molar-refractivity contribution in [2.75, 3.05) is 5.73 Å². The van der Waals surface area contributed by atoms with Gasteiger partial charge in [0, 0.05) is 64.4 Å². The van der Waals surface area contributed by atoms with Gasteiger partial charge < -0.3 is 26.2 Å². The van der Waals surface area contributed by atoms with Crippen LogP contribution in [0.2, 0.25) is 15.1 Å². The van der Waals surface area contributed by atoms with Crippen molar-refractivity contribution in [2.24, 2.45) is 14.1 Å². The molecule has 0 saturated heterocycles. The Balaban J connectivity index is 0.000000186. The fourth-order valence-corrected chi connectivity index (χ4v) is 6.61. The third kappa shape index (κ3) is 15.4. The molecule has 5 aromatic heterocycles. The van der Waals surface area contributed by atoms with E-state index in [-0.39, 0.29) is 60.2 Å². The van der Waals surface area contributed by atoms with E-state index < -0.39 is 11.2 Å². The maximum atomic E-state index is 12.5. The van der Waals surface area contributed by atoms with E-state index in [0.29, 0.717) is 71.2 Å². The van der Waals surface area contributed by atoms with E-state index in [2.05, 4.69) is 40.1 Å². The predicted molar refractivity (Wildman–Crippen MR) is 264 cm³/mol. The first-order chi connectivity index (χ1) is 33.9. The maximum absolute atomic E-state index is 12.5. The number of nitrogens with two attached hydrogens (primary N) is 1. The molecule has 0 spiro atoms. The molecule has 0 aliphatic carbocycles. The van der Waals surface area contributed by atoms with Crippen molar-refractivity contribution in [1.29, 1.82) is 0 Å². The summed E-state index contributed by atoms with van der Waals surface area (Å²) in [7, 11) is 3.11. The second-order valence-corrected chi connectivity index (χ2v) is 16.1. The monoisotopic (exact) mass is 1040 g/mol. The van der Waals surface area contributed by atoms with Crippen molar-refractivity contribution in [3.63, 3.8) is 0 Å². The Morgan fingerprint density at radius 3 is 1.32 bits per heavy atom. The largest absolute Gasteiger partial charge is 0.477 e. The van der Waals surface area contributed by atoms with Gasteiger partial charge in [-0.05, 0) is 70.3 Å². The number of ketones is 1. The second kappa shape index (κ2) is 25.8. The molecule has 0 fully saturated rings. The Bertz CT molecular complexity index is 3230. The molecule has 0 unspecified atom stereocenters. The number of anilines is 1. The molecular weight excluding hydrogens is 1000 g/mol. The number of nitrogens with zero attached hydrogens (tertiary/aromatic N) is 10. The number of aromatic nitrogens is 10. The minimum atomic E-state index is -1.11. The van der Waals surface area contributed by atoms with Crippen molar-refractivity contribution in [2.45, 2.75) is 26.2 Å². The number of benzene rings is 3. The zero-order valence-corrected chi connectivity index (χ0v) is 40.2. The molecule has 6 N–H and O–H groups in total. The quantitative estimate of drug-likeness (QED) is 0.0752. The van der Waals surface area contributed by atoms with E-state index in [1.165, 1.54) is 72.1 Å². The number of nitrogen functional groups attached to an aromatic ring is 1. The summed E-state index contributed by atoms with van der Waals surface area (Å²) >= 11 is 23.4. The van der Waals surface area contributed by atoms with Crippen molar-refractivity contribution in [3.8, 4) is 33.8 Å². The lowest BCUT2D eigenvalue weighted by Gasteiger charge is -2.06. The van der Waals surface area contributed by atoms with Crippen LogP contribution in [0.25, 0.3) is 33.8 Å². The minimum Gasteiger partial charge on any atom is -0.477 e. The summed E-state index contributed by atoms with van der Waals surface area (Å²) in [5, 5.41) is 44.2. The summed E-state index contributed by atoms with van der Waals surface area (Å²) in [4.78, 5) is 80.2. The highest BCUT2D eigenvalue weighted by Crippen LogP contribution is 2.27. The Kier molecular flexibility index (Phi) is 19.7. The highest BCUT2D eigenvalue weighted by molar-refractivity contribution is 6.67. The van der Waals surface area contributed by atoms with Gasteiger partial charge in [-0.1, -0.05) is 71.2 Å². The number of Topliss-reactive ketones (excluding diaryl/α,β-unsaturated/α-hetero) is 1. The number of carbonyl (C=O) groups is 3. The molecule has 0 saturated carbocycles. The predicted octanol–water partition coefficient (Wildman–Crippen LogP) is 5.83. The molecule has 0 aliphatic rings. The lowest BCUT2D eigenvalue weighted by atomic mass is 10.1. The Labute approximate surface area is 422 Å². The summed E-state index contributed by atoms with van der Waals surface area (Å²) in [6.45, 7) is -0.436. The van der Waals surface area contributed by atoms with E-state index in [1.54, 1.807) is 67.7 Å². The SMILES string of the molecule is Cn1ncc(CC(=O)c2cc(-c3ccc(CO)c(Cl)c3)ncn2)cc1=O.Cn1ncc(N)cc1=O.O=C(Cl)c1cc(-c2ccc(CO)c(Cl)c2)ncn1.O=C(O)c1cc(-c2ccc(CO)c(Cl)c2)ncn1. The van der Waals surface area contributed by atoms with Gasteiger partial charge in [0.1, 0.15) is 30.4 Å².